The second-order valence-corrected chi connectivity index (χ2v) is 7.12. The zero-order valence-electron chi connectivity index (χ0n) is 16.3. The summed E-state index contributed by atoms with van der Waals surface area (Å²) in [5, 5.41) is 23.3. The third-order valence-electron chi connectivity index (χ3n) is 5.53. The molecule has 6 heteroatoms. The number of aliphatic hydroxyl groups is 2. The summed E-state index contributed by atoms with van der Waals surface area (Å²) in [6.45, 7) is 0.116. The van der Waals surface area contributed by atoms with Crippen LogP contribution in [0.2, 0.25) is 0 Å². The van der Waals surface area contributed by atoms with Crippen LogP contribution >= 0.6 is 0 Å². The molecule has 29 heavy (non-hydrogen) atoms. The number of benzene rings is 3. The number of hydrogen-bond donors (Lipinski definition) is 2. The Bertz CT molecular complexity index is 1020. The van der Waals surface area contributed by atoms with Gasteiger partial charge < -0.3 is 19.7 Å². The first-order valence-corrected chi connectivity index (χ1v) is 9.39. The number of fused-ring (bicyclic) bond motifs is 2. The molecule has 0 fully saturated rings. The molecule has 150 valence electrons. The smallest absolute Gasteiger partial charge is 0.314 e. The average Bonchev–Trinajstić information content (AvgIpc) is 3.01. The summed E-state index contributed by atoms with van der Waals surface area (Å²) >= 11 is 0. The molecule has 0 saturated carbocycles. The number of carbonyl (C=O) groups is 1. The normalized spacial score (nSPS) is 19.7. The predicted molar refractivity (Wildman–Crippen MR) is 108 cm³/mol. The van der Waals surface area contributed by atoms with Crippen molar-refractivity contribution in [1.29, 1.82) is 0 Å². The van der Waals surface area contributed by atoms with Gasteiger partial charge in [-0.05, 0) is 28.5 Å². The molecule has 0 aliphatic carbocycles. The Hall–Kier alpha value is -2.93. The third kappa shape index (κ3) is 3.46. The van der Waals surface area contributed by atoms with Gasteiger partial charge in [-0.15, -0.1) is 0 Å². The van der Waals surface area contributed by atoms with Crippen molar-refractivity contribution in [3.05, 3.63) is 77.4 Å². The first kappa shape index (κ1) is 19.4. The number of esters is 1. The second-order valence-electron chi connectivity index (χ2n) is 7.12. The number of nitrogens with zero attached hydrogens (tertiary/aromatic N) is 1. The fourth-order valence-electron chi connectivity index (χ4n) is 3.93. The van der Waals surface area contributed by atoms with Crippen molar-refractivity contribution in [3.8, 4) is 5.75 Å². The summed E-state index contributed by atoms with van der Waals surface area (Å²) in [5.74, 6) is -0.325. The van der Waals surface area contributed by atoms with Crippen LogP contribution in [-0.2, 0) is 9.53 Å². The van der Waals surface area contributed by atoms with E-state index < -0.39 is 24.3 Å². The van der Waals surface area contributed by atoms with Crippen LogP contribution in [0.1, 0.15) is 35.1 Å². The summed E-state index contributed by atoms with van der Waals surface area (Å²) < 4.78 is 10.3. The number of rotatable bonds is 5. The van der Waals surface area contributed by atoms with Crippen LogP contribution in [-0.4, -0.2) is 41.8 Å². The van der Waals surface area contributed by atoms with E-state index in [0.717, 1.165) is 22.1 Å². The van der Waals surface area contributed by atoms with Crippen molar-refractivity contribution in [3.63, 3.8) is 0 Å². The molecule has 0 spiro atoms. The molecule has 1 aliphatic heterocycles. The molecule has 1 aliphatic rings. The minimum atomic E-state index is -0.988. The van der Waals surface area contributed by atoms with Gasteiger partial charge in [0.05, 0.1) is 20.1 Å². The number of aliphatic hydroxyl groups excluding tert-OH is 2. The van der Waals surface area contributed by atoms with Gasteiger partial charge in [0.25, 0.3) is 0 Å². The standard InChI is InChI=1S/C23H23NO5/c1-28-17-10-9-14-11-16(8-7-15(14)12-17)20(23(27)29-2)13-24-21(25)18-5-3-4-6-19(18)22(24)26/h3-12,20-22,25-26H,13H2,1-2H3. The van der Waals surface area contributed by atoms with E-state index in [4.69, 9.17) is 9.47 Å². The number of methoxy groups -OCH3 is 2. The zero-order valence-corrected chi connectivity index (χ0v) is 16.3. The zero-order chi connectivity index (χ0) is 20.5. The molecule has 0 saturated heterocycles. The molecule has 4 rings (SSSR count). The van der Waals surface area contributed by atoms with E-state index in [2.05, 4.69) is 0 Å². The van der Waals surface area contributed by atoms with E-state index in [1.54, 1.807) is 19.2 Å². The van der Waals surface area contributed by atoms with Gasteiger partial charge in [0.15, 0.2) is 0 Å². The Morgan fingerprint density at radius 3 is 2.21 bits per heavy atom. The van der Waals surface area contributed by atoms with Crippen molar-refractivity contribution in [2.24, 2.45) is 0 Å². The molecular weight excluding hydrogens is 370 g/mol. The van der Waals surface area contributed by atoms with E-state index in [0.29, 0.717) is 11.1 Å². The first-order valence-electron chi connectivity index (χ1n) is 9.39. The van der Waals surface area contributed by atoms with Crippen molar-refractivity contribution in [2.45, 2.75) is 18.4 Å². The van der Waals surface area contributed by atoms with Gasteiger partial charge in [-0.2, -0.15) is 0 Å². The highest BCUT2D eigenvalue weighted by Crippen LogP contribution is 2.40. The molecule has 6 nitrogen and oxygen atoms in total. The largest absolute Gasteiger partial charge is 0.497 e. The molecule has 1 heterocycles. The quantitative estimate of drug-likeness (QED) is 0.649. The molecule has 3 aromatic rings. The monoisotopic (exact) mass is 393 g/mol. The molecule has 3 unspecified atom stereocenters. The van der Waals surface area contributed by atoms with Crippen LogP contribution in [0, 0.1) is 0 Å². The Kier molecular flexibility index (Phi) is 5.24. The lowest BCUT2D eigenvalue weighted by Gasteiger charge is -2.28. The van der Waals surface area contributed by atoms with E-state index in [-0.39, 0.29) is 6.54 Å². The predicted octanol–water partition coefficient (Wildman–Crippen LogP) is 3.10. The molecule has 0 amide bonds. The van der Waals surface area contributed by atoms with Gasteiger partial charge in [0, 0.05) is 17.7 Å². The third-order valence-corrected chi connectivity index (χ3v) is 5.53. The lowest BCUT2D eigenvalue weighted by Crippen LogP contribution is -2.34. The summed E-state index contributed by atoms with van der Waals surface area (Å²) in [6, 6.07) is 18.6. The number of hydrogen-bond acceptors (Lipinski definition) is 6. The van der Waals surface area contributed by atoms with Gasteiger partial charge in [-0.25, -0.2) is 4.90 Å². The second kappa shape index (κ2) is 7.83. The van der Waals surface area contributed by atoms with Crippen LogP contribution in [0.25, 0.3) is 10.8 Å². The average molecular weight is 393 g/mol. The highest BCUT2D eigenvalue weighted by atomic mass is 16.5. The van der Waals surface area contributed by atoms with Crippen LogP contribution in [0.15, 0.2) is 60.7 Å². The summed E-state index contributed by atoms with van der Waals surface area (Å²) in [6.07, 6.45) is -1.98. The first-order chi connectivity index (χ1) is 14.0. The molecule has 2 N–H and O–H groups in total. The van der Waals surface area contributed by atoms with Gasteiger partial charge in [-0.1, -0.05) is 48.5 Å². The lowest BCUT2D eigenvalue weighted by molar-refractivity contribution is -0.146. The van der Waals surface area contributed by atoms with Crippen molar-refractivity contribution in [2.75, 3.05) is 20.8 Å². The summed E-state index contributed by atoms with van der Waals surface area (Å²) in [5.41, 5.74) is 2.05. The summed E-state index contributed by atoms with van der Waals surface area (Å²) in [7, 11) is 2.96. The minimum Gasteiger partial charge on any atom is -0.497 e. The number of ether oxygens (including phenoxy) is 2. The highest BCUT2D eigenvalue weighted by Gasteiger charge is 2.39. The van der Waals surface area contributed by atoms with Gasteiger partial charge in [0.2, 0.25) is 0 Å². The van der Waals surface area contributed by atoms with Crippen LogP contribution in [0.5, 0.6) is 5.75 Å². The molecule has 3 aromatic carbocycles. The molecular formula is C23H23NO5. The number of carbonyl (C=O) groups excluding carboxylic acids is 1. The molecule has 0 bridgehead atoms. The molecule has 0 radical (unpaired) electrons. The van der Waals surface area contributed by atoms with E-state index in [1.165, 1.54) is 12.0 Å². The Morgan fingerprint density at radius 1 is 0.966 bits per heavy atom. The van der Waals surface area contributed by atoms with Crippen molar-refractivity contribution < 1.29 is 24.5 Å². The van der Waals surface area contributed by atoms with Gasteiger partial charge in [-0.3, -0.25) is 4.79 Å². The molecule has 3 atom stereocenters. The maximum absolute atomic E-state index is 12.6. The maximum atomic E-state index is 12.6. The van der Waals surface area contributed by atoms with Crippen LogP contribution in [0.4, 0.5) is 0 Å². The van der Waals surface area contributed by atoms with Crippen LogP contribution < -0.4 is 4.74 Å². The van der Waals surface area contributed by atoms with E-state index in [1.807, 2.05) is 48.5 Å². The Labute approximate surface area is 168 Å². The summed E-state index contributed by atoms with van der Waals surface area (Å²) in [4.78, 5) is 14.1. The lowest BCUT2D eigenvalue weighted by atomic mass is 9.95. The van der Waals surface area contributed by atoms with Gasteiger partial charge in [0.1, 0.15) is 18.2 Å². The SMILES string of the molecule is COC(=O)C(CN1C(O)c2ccccc2C1O)c1ccc2cc(OC)ccc2c1. The minimum absolute atomic E-state index is 0.116. The Morgan fingerprint density at radius 2 is 1.59 bits per heavy atom. The van der Waals surface area contributed by atoms with Crippen molar-refractivity contribution in [1.82, 2.24) is 4.90 Å². The molecule has 0 aromatic heterocycles. The van der Waals surface area contributed by atoms with Gasteiger partial charge >= 0.3 is 5.97 Å². The fourth-order valence-corrected chi connectivity index (χ4v) is 3.93. The topological polar surface area (TPSA) is 79.2 Å². The van der Waals surface area contributed by atoms with E-state index in [9.17, 15) is 15.0 Å². The van der Waals surface area contributed by atoms with Crippen molar-refractivity contribution >= 4 is 16.7 Å². The van der Waals surface area contributed by atoms with Crippen LogP contribution in [0.3, 0.4) is 0 Å². The van der Waals surface area contributed by atoms with E-state index >= 15 is 0 Å². The fraction of sp³-hybridized carbons (Fsp3) is 0.261. The highest BCUT2D eigenvalue weighted by molar-refractivity contribution is 5.87. The Balaban J connectivity index is 1.67. The maximum Gasteiger partial charge on any atom is 0.314 e.